The monoisotopic (exact) mass is 358 g/mol. The average molecular weight is 358 g/mol. The van der Waals surface area contributed by atoms with Crippen molar-refractivity contribution in [3.8, 4) is 0 Å². The summed E-state index contributed by atoms with van der Waals surface area (Å²) in [6, 6.07) is 11.0. The predicted molar refractivity (Wildman–Crippen MR) is 95.6 cm³/mol. The van der Waals surface area contributed by atoms with Crippen LogP contribution in [0.3, 0.4) is 0 Å². The first-order valence-corrected chi connectivity index (χ1v) is 9.25. The van der Waals surface area contributed by atoms with Crippen molar-refractivity contribution >= 4 is 23.5 Å². The maximum Gasteiger partial charge on any atom is 0.190 e. The van der Waals surface area contributed by atoms with Crippen molar-refractivity contribution in [3.63, 3.8) is 0 Å². The second-order valence-corrected chi connectivity index (χ2v) is 7.39. The number of quaternary nitrogens is 1. The number of carboxylic acids is 1. The summed E-state index contributed by atoms with van der Waals surface area (Å²) < 4.78 is 0. The molecule has 1 aliphatic rings. The van der Waals surface area contributed by atoms with Gasteiger partial charge in [0, 0.05) is 11.8 Å². The highest BCUT2D eigenvalue weighted by atomic mass is 32.2. The number of carbonyl (C=O) groups excluding carboxylic acids is 1. The number of aryl methyl sites for hydroxylation is 1. The number of carboxylic acid groups (broad SMARTS) is 1. The van der Waals surface area contributed by atoms with Gasteiger partial charge in [-0.1, -0.05) is 42.1 Å². The molecule has 0 aliphatic carbocycles. The second kappa shape index (κ2) is 7.84. The Balaban J connectivity index is 1.83. The number of carbonyl (C=O) groups is 1. The van der Waals surface area contributed by atoms with E-state index in [4.69, 9.17) is 0 Å². The Morgan fingerprint density at radius 2 is 1.92 bits per heavy atom. The molecule has 6 nitrogen and oxygen atoms in total. The number of aliphatic carboxylic acids is 1. The first-order chi connectivity index (χ1) is 12.0. The van der Waals surface area contributed by atoms with Gasteiger partial charge in [0.2, 0.25) is 0 Å². The fourth-order valence-corrected chi connectivity index (χ4v) is 3.79. The van der Waals surface area contributed by atoms with Crippen LogP contribution in [0.1, 0.15) is 16.5 Å². The van der Waals surface area contributed by atoms with Gasteiger partial charge in [0.1, 0.15) is 5.82 Å². The van der Waals surface area contributed by atoms with E-state index < -0.39 is 11.2 Å². The number of hydrogen-bond acceptors (Lipinski definition) is 6. The van der Waals surface area contributed by atoms with E-state index in [1.165, 1.54) is 4.90 Å². The Labute approximate surface area is 151 Å². The molecule has 0 saturated carbocycles. The van der Waals surface area contributed by atoms with Crippen molar-refractivity contribution in [2.75, 3.05) is 38.1 Å². The largest absolute Gasteiger partial charge is 0.549 e. The summed E-state index contributed by atoms with van der Waals surface area (Å²) in [5.41, 5.74) is 1.52. The number of likely N-dealkylation sites (N-methyl/N-ethyl adjacent to an activating group) is 1. The van der Waals surface area contributed by atoms with Gasteiger partial charge >= 0.3 is 0 Å². The molecule has 2 aromatic rings. The molecule has 1 N–H and O–H groups in total. The van der Waals surface area contributed by atoms with Crippen molar-refractivity contribution in [1.29, 1.82) is 0 Å². The molecular weight excluding hydrogens is 336 g/mol. The van der Waals surface area contributed by atoms with Crippen LogP contribution < -0.4 is 14.9 Å². The van der Waals surface area contributed by atoms with E-state index in [-0.39, 0.29) is 0 Å². The van der Waals surface area contributed by atoms with Crippen LogP contribution in [0.15, 0.2) is 41.6 Å². The second-order valence-electron chi connectivity index (χ2n) is 6.32. The van der Waals surface area contributed by atoms with Gasteiger partial charge in [0.05, 0.1) is 44.4 Å². The normalized spacial score (nSPS) is 16.6. The molecule has 0 bridgehead atoms. The smallest absolute Gasteiger partial charge is 0.190 e. The number of aromatic nitrogens is 2. The van der Waals surface area contributed by atoms with Gasteiger partial charge < -0.3 is 19.7 Å². The highest BCUT2D eigenvalue weighted by Crippen LogP contribution is 2.33. The molecule has 1 aromatic heterocycles. The fourth-order valence-electron chi connectivity index (χ4n) is 2.84. The molecule has 132 valence electrons. The topological polar surface area (TPSA) is 73.6 Å². The minimum atomic E-state index is -1.13. The molecule has 2 heterocycles. The fraction of sp³-hybridized carbons (Fsp3) is 0.389. The number of nitrogens with one attached hydrogen (secondary N) is 1. The van der Waals surface area contributed by atoms with Crippen LogP contribution in [0.4, 0.5) is 5.82 Å². The van der Waals surface area contributed by atoms with E-state index in [1.54, 1.807) is 12.1 Å². The molecule has 7 heteroatoms. The SMILES string of the molecule is Cc1cc(N2CC[NH+](C)CC2)nc(S[C@@H](C(=O)[O-])c2ccccc2)n1. The Bertz CT molecular complexity index is 733. The van der Waals surface area contributed by atoms with Gasteiger partial charge in [-0.05, 0) is 12.5 Å². The van der Waals surface area contributed by atoms with Gasteiger partial charge in [-0.2, -0.15) is 0 Å². The summed E-state index contributed by atoms with van der Waals surface area (Å²) >= 11 is 1.13. The summed E-state index contributed by atoms with van der Waals surface area (Å²) in [4.78, 5) is 24.4. The molecular formula is C18H22N4O2S. The van der Waals surface area contributed by atoms with Crippen molar-refractivity contribution in [2.45, 2.75) is 17.3 Å². The minimum absolute atomic E-state index is 0.472. The van der Waals surface area contributed by atoms with E-state index in [1.807, 2.05) is 31.2 Å². The molecule has 3 rings (SSSR count). The van der Waals surface area contributed by atoms with Crippen LogP contribution in [0.5, 0.6) is 0 Å². The number of anilines is 1. The zero-order valence-corrected chi connectivity index (χ0v) is 15.3. The Morgan fingerprint density at radius 3 is 2.56 bits per heavy atom. The van der Waals surface area contributed by atoms with Crippen molar-refractivity contribution in [3.05, 3.63) is 47.7 Å². The molecule has 0 unspecified atom stereocenters. The first-order valence-electron chi connectivity index (χ1n) is 8.37. The van der Waals surface area contributed by atoms with Crippen molar-refractivity contribution < 1.29 is 14.8 Å². The zero-order valence-electron chi connectivity index (χ0n) is 14.4. The molecule has 1 atom stereocenters. The maximum absolute atomic E-state index is 11.6. The maximum atomic E-state index is 11.6. The van der Waals surface area contributed by atoms with E-state index in [9.17, 15) is 9.90 Å². The van der Waals surface area contributed by atoms with Crippen LogP contribution >= 0.6 is 11.8 Å². The third-order valence-corrected chi connectivity index (χ3v) is 5.39. The number of hydrogen-bond donors (Lipinski definition) is 1. The number of nitrogens with zero attached hydrogens (tertiary/aromatic N) is 3. The standard InChI is InChI=1S/C18H22N4O2S/c1-13-12-15(22-10-8-21(2)9-11-22)20-18(19-13)25-16(17(23)24)14-6-4-3-5-7-14/h3-7,12,16H,8-11H2,1-2H3,(H,23,24)/t16-/m1/s1. The molecule has 0 radical (unpaired) electrons. The quantitative estimate of drug-likeness (QED) is 0.585. The molecule has 0 spiro atoms. The minimum Gasteiger partial charge on any atom is -0.549 e. The Kier molecular flexibility index (Phi) is 5.55. The summed E-state index contributed by atoms with van der Waals surface area (Å²) in [5, 5.41) is 11.3. The van der Waals surface area contributed by atoms with Crippen LogP contribution in [0.25, 0.3) is 0 Å². The summed E-state index contributed by atoms with van der Waals surface area (Å²) in [6.07, 6.45) is 0. The molecule has 1 aromatic carbocycles. The van der Waals surface area contributed by atoms with Gasteiger partial charge in [-0.15, -0.1) is 0 Å². The van der Waals surface area contributed by atoms with Gasteiger partial charge in [-0.25, -0.2) is 9.97 Å². The van der Waals surface area contributed by atoms with Crippen LogP contribution in [-0.4, -0.2) is 49.2 Å². The van der Waals surface area contributed by atoms with Crippen molar-refractivity contribution in [1.82, 2.24) is 9.97 Å². The van der Waals surface area contributed by atoms with E-state index in [0.717, 1.165) is 49.5 Å². The van der Waals surface area contributed by atoms with Crippen molar-refractivity contribution in [2.24, 2.45) is 0 Å². The third-order valence-electron chi connectivity index (χ3n) is 4.30. The van der Waals surface area contributed by atoms with E-state index in [0.29, 0.717) is 10.7 Å². The molecule has 25 heavy (non-hydrogen) atoms. The van der Waals surface area contributed by atoms with Gasteiger partial charge in [-0.3, -0.25) is 0 Å². The van der Waals surface area contributed by atoms with Gasteiger partial charge in [0.25, 0.3) is 0 Å². The lowest BCUT2D eigenvalue weighted by atomic mass is 10.1. The third kappa shape index (κ3) is 4.49. The lowest BCUT2D eigenvalue weighted by Gasteiger charge is -2.31. The predicted octanol–water partition coefficient (Wildman–Crippen LogP) is -0.297. The van der Waals surface area contributed by atoms with Crippen LogP contribution in [-0.2, 0) is 4.79 Å². The van der Waals surface area contributed by atoms with Gasteiger partial charge in [0.15, 0.2) is 5.16 Å². The number of piperazine rings is 1. The van der Waals surface area contributed by atoms with Crippen LogP contribution in [0, 0.1) is 6.92 Å². The number of rotatable bonds is 5. The lowest BCUT2D eigenvalue weighted by Crippen LogP contribution is -3.12. The average Bonchev–Trinajstić information content (AvgIpc) is 2.60. The molecule has 1 fully saturated rings. The molecule has 1 aliphatic heterocycles. The first kappa shape index (κ1) is 17.7. The van der Waals surface area contributed by atoms with E-state index in [2.05, 4.69) is 21.9 Å². The molecule has 0 amide bonds. The van der Waals surface area contributed by atoms with E-state index >= 15 is 0 Å². The molecule has 1 saturated heterocycles. The highest BCUT2D eigenvalue weighted by Gasteiger charge is 2.21. The van der Waals surface area contributed by atoms with Crippen LogP contribution in [0.2, 0.25) is 0 Å². The summed E-state index contributed by atoms with van der Waals surface area (Å²) in [7, 11) is 2.19. The highest BCUT2D eigenvalue weighted by molar-refractivity contribution is 8.00. The lowest BCUT2D eigenvalue weighted by molar-refractivity contribution is -0.880. The summed E-state index contributed by atoms with van der Waals surface area (Å²) in [5.74, 6) is -0.265. The number of benzene rings is 1. The number of thioether (sulfide) groups is 1. The summed E-state index contributed by atoms with van der Waals surface area (Å²) in [6.45, 7) is 5.92. The Hall–Kier alpha value is -2.12. The Morgan fingerprint density at radius 1 is 1.24 bits per heavy atom. The zero-order chi connectivity index (χ0) is 17.8.